The van der Waals surface area contributed by atoms with Crippen molar-refractivity contribution >= 4 is 12.0 Å². The number of hydrogen-bond donors (Lipinski definition) is 0. The van der Waals surface area contributed by atoms with E-state index >= 15 is 0 Å². The summed E-state index contributed by atoms with van der Waals surface area (Å²) in [5.74, 6) is 2.61. The first-order chi connectivity index (χ1) is 11.2. The Bertz CT molecular complexity index is 719. The van der Waals surface area contributed by atoms with Crippen LogP contribution in [0.4, 0.5) is 0 Å². The fraction of sp³-hybridized carbons (Fsp3) is 0.353. The van der Waals surface area contributed by atoms with Gasteiger partial charge in [0, 0.05) is 26.1 Å². The Morgan fingerprint density at radius 2 is 2.13 bits per heavy atom. The van der Waals surface area contributed by atoms with Crippen molar-refractivity contribution in [1.29, 1.82) is 0 Å². The van der Waals surface area contributed by atoms with E-state index in [1.54, 1.807) is 31.2 Å². The molecule has 0 bridgehead atoms. The van der Waals surface area contributed by atoms with Crippen LogP contribution in [0, 0.1) is 0 Å². The van der Waals surface area contributed by atoms with E-state index in [9.17, 15) is 4.79 Å². The predicted molar refractivity (Wildman–Crippen MR) is 86.8 cm³/mol. The van der Waals surface area contributed by atoms with Gasteiger partial charge < -0.3 is 14.2 Å². The summed E-state index contributed by atoms with van der Waals surface area (Å²) < 4.78 is 7.22. The number of benzene rings is 1. The minimum absolute atomic E-state index is 0.0591. The molecule has 0 N–H and O–H groups in total. The Hall–Kier alpha value is -2.63. The molecule has 6 heteroatoms. The molecule has 0 saturated carbocycles. The molecule has 0 unspecified atom stereocenters. The van der Waals surface area contributed by atoms with Crippen LogP contribution in [0.1, 0.15) is 23.6 Å². The number of fused-ring (bicyclic) bond motifs is 1. The third kappa shape index (κ3) is 3.41. The van der Waals surface area contributed by atoms with Crippen molar-refractivity contribution in [3.63, 3.8) is 0 Å². The molecule has 2 heterocycles. The molecule has 0 radical (unpaired) electrons. The molecule has 0 fully saturated rings. The average Bonchev–Trinajstić information content (AvgIpc) is 3.18. The van der Waals surface area contributed by atoms with Gasteiger partial charge in [-0.25, -0.2) is 0 Å². The van der Waals surface area contributed by atoms with Gasteiger partial charge >= 0.3 is 0 Å². The number of carbonyl (C=O) groups excluding carboxylic acids is 1. The molecule has 1 aromatic heterocycles. The highest BCUT2D eigenvalue weighted by Gasteiger charge is 2.19. The maximum Gasteiger partial charge on any atom is 0.246 e. The Morgan fingerprint density at radius 1 is 1.35 bits per heavy atom. The third-order valence-corrected chi connectivity index (χ3v) is 3.98. The van der Waals surface area contributed by atoms with Crippen LogP contribution in [-0.2, 0) is 24.3 Å². The predicted octanol–water partition coefficient (Wildman–Crippen LogP) is 1.90. The van der Waals surface area contributed by atoms with Crippen LogP contribution < -0.4 is 4.74 Å². The zero-order chi connectivity index (χ0) is 16.2. The van der Waals surface area contributed by atoms with E-state index < -0.39 is 0 Å². The Balaban J connectivity index is 1.61. The number of hydrogen-bond acceptors (Lipinski definition) is 4. The molecular formula is C17H20N4O2. The highest BCUT2D eigenvalue weighted by molar-refractivity contribution is 5.91. The van der Waals surface area contributed by atoms with Crippen molar-refractivity contribution in [3.8, 4) is 5.75 Å². The largest absolute Gasteiger partial charge is 0.497 e. The Morgan fingerprint density at radius 3 is 2.87 bits per heavy atom. The molecule has 0 atom stereocenters. The number of methoxy groups -OCH3 is 1. The number of carbonyl (C=O) groups is 1. The van der Waals surface area contributed by atoms with E-state index in [1.165, 1.54) is 0 Å². The third-order valence-electron chi connectivity index (χ3n) is 3.98. The lowest BCUT2D eigenvalue weighted by atomic mass is 10.2. The van der Waals surface area contributed by atoms with Gasteiger partial charge in [-0.3, -0.25) is 4.79 Å². The first kappa shape index (κ1) is 15.3. The molecule has 120 valence electrons. The monoisotopic (exact) mass is 312 g/mol. The van der Waals surface area contributed by atoms with Crippen LogP contribution in [0.25, 0.3) is 6.08 Å². The summed E-state index contributed by atoms with van der Waals surface area (Å²) in [6.07, 6.45) is 5.45. The number of nitrogens with zero attached hydrogens (tertiary/aromatic N) is 4. The van der Waals surface area contributed by atoms with Gasteiger partial charge in [-0.2, -0.15) is 0 Å². The zero-order valence-corrected chi connectivity index (χ0v) is 13.4. The van der Waals surface area contributed by atoms with Gasteiger partial charge in [0.1, 0.15) is 11.6 Å². The van der Waals surface area contributed by atoms with Crippen LogP contribution in [0.5, 0.6) is 5.75 Å². The second-order valence-electron chi connectivity index (χ2n) is 5.59. The first-order valence-corrected chi connectivity index (χ1v) is 7.65. The van der Waals surface area contributed by atoms with Gasteiger partial charge in [-0.15, -0.1) is 10.2 Å². The van der Waals surface area contributed by atoms with Crippen LogP contribution in [0.2, 0.25) is 0 Å². The van der Waals surface area contributed by atoms with E-state index in [1.807, 2.05) is 24.3 Å². The summed E-state index contributed by atoms with van der Waals surface area (Å²) in [5, 5.41) is 8.34. The number of rotatable bonds is 5. The molecule has 23 heavy (non-hydrogen) atoms. The minimum Gasteiger partial charge on any atom is -0.497 e. The molecule has 0 aliphatic carbocycles. The van der Waals surface area contributed by atoms with Crippen LogP contribution in [0.15, 0.2) is 30.3 Å². The molecule has 2 aromatic rings. The van der Waals surface area contributed by atoms with Crippen molar-refractivity contribution in [3.05, 3.63) is 47.6 Å². The van der Waals surface area contributed by atoms with Crippen LogP contribution in [-0.4, -0.2) is 39.7 Å². The van der Waals surface area contributed by atoms with Crippen LogP contribution in [0.3, 0.4) is 0 Å². The smallest absolute Gasteiger partial charge is 0.246 e. The lowest BCUT2D eigenvalue weighted by molar-refractivity contribution is -0.125. The van der Waals surface area contributed by atoms with Crippen molar-refractivity contribution < 1.29 is 9.53 Å². The maximum atomic E-state index is 12.2. The van der Waals surface area contributed by atoms with E-state index in [0.717, 1.165) is 42.3 Å². The molecule has 3 rings (SSSR count). The highest BCUT2D eigenvalue weighted by atomic mass is 16.5. The molecule has 1 aromatic carbocycles. The van der Waals surface area contributed by atoms with Gasteiger partial charge in [-0.05, 0) is 30.2 Å². The van der Waals surface area contributed by atoms with Crippen molar-refractivity contribution in [1.82, 2.24) is 19.7 Å². The Labute approximate surface area is 135 Å². The summed E-state index contributed by atoms with van der Waals surface area (Å²) in [5.41, 5.74) is 0.955. The SMILES string of the molecule is COc1ccc(C=CC(=O)N(C)Cc2nnc3n2CCC3)cc1. The maximum absolute atomic E-state index is 12.2. The Kier molecular flexibility index (Phi) is 4.41. The summed E-state index contributed by atoms with van der Waals surface area (Å²) in [7, 11) is 3.40. The molecular weight excluding hydrogens is 292 g/mol. The highest BCUT2D eigenvalue weighted by Crippen LogP contribution is 2.15. The molecule has 1 aliphatic heterocycles. The molecule has 0 saturated heterocycles. The molecule has 0 spiro atoms. The summed E-state index contributed by atoms with van der Waals surface area (Å²) >= 11 is 0. The number of ether oxygens (including phenoxy) is 1. The second kappa shape index (κ2) is 6.64. The summed E-state index contributed by atoms with van der Waals surface area (Å²) in [6, 6.07) is 7.56. The number of aromatic nitrogens is 3. The van der Waals surface area contributed by atoms with E-state index in [2.05, 4.69) is 14.8 Å². The fourth-order valence-corrected chi connectivity index (χ4v) is 2.63. The fourth-order valence-electron chi connectivity index (χ4n) is 2.63. The van der Waals surface area contributed by atoms with E-state index in [-0.39, 0.29) is 5.91 Å². The number of likely N-dealkylation sites (N-methyl/N-ethyl adjacent to an activating group) is 1. The molecule has 1 amide bonds. The molecule has 1 aliphatic rings. The van der Waals surface area contributed by atoms with Gasteiger partial charge in [0.15, 0.2) is 5.82 Å². The standard InChI is InChI=1S/C17H20N4O2/c1-20(12-16-19-18-15-4-3-11-21(15)16)17(22)10-7-13-5-8-14(23-2)9-6-13/h5-10H,3-4,11-12H2,1-2H3. The minimum atomic E-state index is -0.0591. The lowest BCUT2D eigenvalue weighted by Crippen LogP contribution is -2.25. The summed E-state index contributed by atoms with van der Waals surface area (Å²) in [6.45, 7) is 1.42. The zero-order valence-electron chi connectivity index (χ0n) is 13.4. The van der Waals surface area contributed by atoms with Gasteiger partial charge in [-0.1, -0.05) is 12.1 Å². The van der Waals surface area contributed by atoms with Gasteiger partial charge in [0.2, 0.25) is 5.91 Å². The van der Waals surface area contributed by atoms with Crippen LogP contribution >= 0.6 is 0 Å². The van der Waals surface area contributed by atoms with Crippen molar-refractivity contribution in [2.45, 2.75) is 25.9 Å². The normalized spacial score (nSPS) is 13.3. The second-order valence-corrected chi connectivity index (χ2v) is 5.59. The van der Waals surface area contributed by atoms with Crippen molar-refractivity contribution in [2.24, 2.45) is 0 Å². The first-order valence-electron chi connectivity index (χ1n) is 7.65. The lowest BCUT2D eigenvalue weighted by Gasteiger charge is -2.14. The topological polar surface area (TPSA) is 60.2 Å². The number of aryl methyl sites for hydroxylation is 1. The number of amides is 1. The van der Waals surface area contributed by atoms with Gasteiger partial charge in [0.25, 0.3) is 0 Å². The van der Waals surface area contributed by atoms with Crippen molar-refractivity contribution in [2.75, 3.05) is 14.2 Å². The van der Waals surface area contributed by atoms with Gasteiger partial charge in [0.05, 0.1) is 13.7 Å². The average molecular weight is 312 g/mol. The molecule has 6 nitrogen and oxygen atoms in total. The van der Waals surface area contributed by atoms with E-state index in [4.69, 9.17) is 4.74 Å². The quantitative estimate of drug-likeness (QED) is 0.791. The van der Waals surface area contributed by atoms with E-state index in [0.29, 0.717) is 6.54 Å². The summed E-state index contributed by atoms with van der Waals surface area (Å²) in [4.78, 5) is 13.9.